The van der Waals surface area contributed by atoms with Gasteiger partial charge in [-0.2, -0.15) is 0 Å². The molecular weight excluding hydrogens is 366 g/mol. The van der Waals surface area contributed by atoms with Crippen LogP contribution in [0.3, 0.4) is 0 Å². The fraction of sp³-hybridized carbons (Fsp3) is 0.565. The highest BCUT2D eigenvalue weighted by Crippen LogP contribution is 2.55. The predicted octanol–water partition coefficient (Wildman–Crippen LogP) is 3.69. The third kappa shape index (κ3) is 3.85. The van der Waals surface area contributed by atoms with Crippen molar-refractivity contribution in [3.8, 4) is 11.5 Å². The van der Waals surface area contributed by atoms with Gasteiger partial charge in [0.2, 0.25) is 5.91 Å². The maximum atomic E-state index is 12.7. The van der Waals surface area contributed by atoms with Crippen LogP contribution in [0.5, 0.6) is 11.5 Å². The third-order valence-electron chi connectivity index (χ3n) is 6.81. The lowest BCUT2D eigenvalue weighted by molar-refractivity contribution is -0.125. The Hall–Kier alpha value is -2.50. The van der Waals surface area contributed by atoms with Gasteiger partial charge in [-0.15, -0.1) is 0 Å². The van der Waals surface area contributed by atoms with Gasteiger partial charge in [0, 0.05) is 37.3 Å². The summed E-state index contributed by atoms with van der Waals surface area (Å²) in [6.07, 6.45) is 9.18. The Balaban J connectivity index is 1.48. The monoisotopic (exact) mass is 397 g/mol. The number of benzene rings is 1. The molecule has 156 valence electrons. The van der Waals surface area contributed by atoms with Crippen molar-refractivity contribution in [2.24, 2.45) is 11.8 Å². The first-order valence-corrected chi connectivity index (χ1v) is 10.6. The number of ether oxygens (including phenoxy) is 2. The lowest BCUT2D eigenvalue weighted by Crippen LogP contribution is -2.59. The van der Waals surface area contributed by atoms with Crippen LogP contribution in [0, 0.1) is 18.8 Å². The number of hydrogen-bond donors (Lipinski definition) is 1. The molecule has 6 nitrogen and oxygen atoms in total. The zero-order valence-corrected chi connectivity index (χ0v) is 17.6. The highest BCUT2D eigenvalue weighted by atomic mass is 16.5. The normalized spacial score (nSPS) is 25.6. The van der Waals surface area contributed by atoms with E-state index in [1.54, 1.807) is 20.4 Å². The van der Waals surface area contributed by atoms with Gasteiger partial charge in [0.05, 0.1) is 14.2 Å². The van der Waals surface area contributed by atoms with E-state index in [1.165, 1.54) is 31.2 Å². The average molecular weight is 398 g/mol. The zero-order chi connectivity index (χ0) is 20.4. The molecule has 4 rings (SSSR count). The molecule has 1 aromatic heterocycles. The first kappa shape index (κ1) is 19.8. The van der Waals surface area contributed by atoms with Gasteiger partial charge in [-0.1, -0.05) is 18.9 Å². The maximum Gasteiger partial charge on any atom is 0.222 e. The zero-order valence-electron chi connectivity index (χ0n) is 17.6. The van der Waals surface area contributed by atoms with Gasteiger partial charge >= 0.3 is 0 Å². The van der Waals surface area contributed by atoms with E-state index >= 15 is 0 Å². The molecule has 4 atom stereocenters. The topological polar surface area (TPSA) is 65.4 Å². The molecule has 1 aromatic carbocycles. The van der Waals surface area contributed by atoms with Crippen molar-refractivity contribution >= 4 is 5.91 Å². The number of carbonyl (C=O) groups excluding carboxylic acids is 1. The summed E-state index contributed by atoms with van der Waals surface area (Å²) in [4.78, 5) is 17.0. The molecule has 2 saturated carbocycles. The maximum absolute atomic E-state index is 12.7. The quantitative estimate of drug-likeness (QED) is 0.774. The molecule has 2 fully saturated rings. The van der Waals surface area contributed by atoms with Gasteiger partial charge in [-0.05, 0) is 49.3 Å². The van der Waals surface area contributed by atoms with Crippen molar-refractivity contribution in [3.63, 3.8) is 0 Å². The molecule has 6 heteroatoms. The molecule has 0 spiro atoms. The molecule has 1 amide bonds. The van der Waals surface area contributed by atoms with Gasteiger partial charge in [0.25, 0.3) is 0 Å². The van der Waals surface area contributed by atoms with Crippen molar-refractivity contribution < 1.29 is 14.3 Å². The van der Waals surface area contributed by atoms with Crippen LogP contribution >= 0.6 is 0 Å². The summed E-state index contributed by atoms with van der Waals surface area (Å²) in [7, 11) is 3.33. The summed E-state index contributed by atoms with van der Waals surface area (Å²) in [6, 6.07) is 6.40. The largest absolute Gasteiger partial charge is 0.493 e. The standard InChI is InChI=1S/C23H31N3O3/c1-15-24-11-13-26(15)12-10-21(27)25-23-18-7-5-4-6-17(18)22(23)16-8-9-19(28-2)20(14-16)29-3/h8-9,11,13-14,17-18,22-23H,4-7,10,12H2,1-3H3,(H,25,27)/t17-,18+,22+,23+/m1/s1. The number of aryl methyl sites for hydroxylation is 2. The van der Waals surface area contributed by atoms with Crippen LogP contribution in [-0.4, -0.2) is 35.7 Å². The number of hydrogen-bond acceptors (Lipinski definition) is 4. The van der Waals surface area contributed by atoms with E-state index in [0.29, 0.717) is 30.7 Å². The minimum absolute atomic E-state index is 0.123. The van der Waals surface area contributed by atoms with E-state index in [1.807, 2.05) is 23.8 Å². The van der Waals surface area contributed by atoms with E-state index in [4.69, 9.17) is 9.47 Å². The number of carbonyl (C=O) groups is 1. The summed E-state index contributed by atoms with van der Waals surface area (Å²) >= 11 is 0. The van der Waals surface area contributed by atoms with E-state index in [9.17, 15) is 4.79 Å². The van der Waals surface area contributed by atoms with Gasteiger partial charge < -0.3 is 19.4 Å². The van der Waals surface area contributed by atoms with Gasteiger partial charge in [-0.3, -0.25) is 4.79 Å². The molecule has 1 N–H and O–H groups in total. The number of imidazole rings is 1. The van der Waals surface area contributed by atoms with Crippen molar-refractivity contribution in [1.82, 2.24) is 14.9 Å². The second-order valence-corrected chi connectivity index (χ2v) is 8.26. The number of methoxy groups -OCH3 is 2. The Labute approximate surface area is 172 Å². The fourth-order valence-electron chi connectivity index (χ4n) is 5.30. The molecule has 2 aromatic rings. The highest BCUT2D eigenvalue weighted by Gasteiger charge is 2.51. The second kappa shape index (κ2) is 8.47. The molecule has 0 unspecified atom stereocenters. The molecule has 0 saturated heterocycles. The van der Waals surface area contributed by atoms with Gasteiger partial charge in [0.1, 0.15) is 5.82 Å². The van der Waals surface area contributed by atoms with Crippen molar-refractivity contribution in [3.05, 3.63) is 42.0 Å². The number of nitrogens with one attached hydrogen (secondary N) is 1. The van der Waals surface area contributed by atoms with Crippen LogP contribution < -0.4 is 14.8 Å². The first-order valence-electron chi connectivity index (χ1n) is 10.6. The lowest BCUT2D eigenvalue weighted by atomic mass is 9.53. The van der Waals surface area contributed by atoms with Crippen molar-refractivity contribution in [1.29, 1.82) is 0 Å². The smallest absolute Gasteiger partial charge is 0.222 e. The van der Waals surface area contributed by atoms with E-state index in [0.717, 1.165) is 17.3 Å². The summed E-state index contributed by atoms with van der Waals surface area (Å²) in [5.41, 5.74) is 1.24. The van der Waals surface area contributed by atoms with E-state index in [-0.39, 0.29) is 11.9 Å². The Bertz CT molecular complexity index is 863. The van der Waals surface area contributed by atoms with Crippen LogP contribution in [0.15, 0.2) is 30.6 Å². The van der Waals surface area contributed by atoms with Crippen LogP contribution in [0.25, 0.3) is 0 Å². The van der Waals surface area contributed by atoms with Crippen molar-refractivity contribution in [2.75, 3.05) is 14.2 Å². The fourth-order valence-corrected chi connectivity index (χ4v) is 5.30. The Kier molecular flexibility index (Phi) is 5.79. The minimum Gasteiger partial charge on any atom is -0.493 e. The SMILES string of the molecule is COc1ccc([C@H]2[C@@H]3CCCC[C@@H]3[C@@H]2NC(=O)CCn2ccnc2C)cc1OC. The van der Waals surface area contributed by atoms with Gasteiger partial charge in [0.15, 0.2) is 11.5 Å². The summed E-state index contributed by atoms with van der Waals surface area (Å²) in [5, 5.41) is 3.37. The first-order chi connectivity index (χ1) is 14.1. The van der Waals surface area contributed by atoms with Crippen molar-refractivity contribution in [2.45, 2.75) is 57.5 Å². The Morgan fingerprint density at radius 2 is 1.93 bits per heavy atom. The molecule has 0 radical (unpaired) electrons. The molecule has 2 aliphatic rings. The summed E-state index contributed by atoms with van der Waals surface area (Å²) in [5.74, 6) is 4.13. The molecule has 2 aliphatic carbocycles. The molecular formula is C23H31N3O3. The van der Waals surface area contributed by atoms with Crippen LogP contribution in [0.1, 0.15) is 49.4 Å². The lowest BCUT2D eigenvalue weighted by Gasteiger charge is -2.55. The van der Waals surface area contributed by atoms with Gasteiger partial charge in [-0.25, -0.2) is 4.98 Å². The average Bonchev–Trinajstić information content (AvgIpc) is 3.15. The Morgan fingerprint density at radius 1 is 1.17 bits per heavy atom. The third-order valence-corrected chi connectivity index (χ3v) is 6.81. The number of amides is 1. The molecule has 1 heterocycles. The second-order valence-electron chi connectivity index (χ2n) is 8.26. The number of aromatic nitrogens is 2. The predicted molar refractivity (Wildman–Crippen MR) is 111 cm³/mol. The van der Waals surface area contributed by atoms with Crippen LogP contribution in [0.2, 0.25) is 0 Å². The number of fused-ring (bicyclic) bond motifs is 1. The minimum atomic E-state index is 0.123. The number of nitrogens with zero attached hydrogens (tertiary/aromatic N) is 2. The van der Waals surface area contributed by atoms with Crippen LogP contribution in [-0.2, 0) is 11.3 Å². The molecule has 0 aliphatic heterocycles. The van der Waals surface area contributed by atoms with E-state index < -0.39 is 0 Å². The summed E-state index contributed by atoms with van der Waals surface area (Å²) < 4.78 is 12.9. The van der Waals surface area contributed by atoms with E-state index in [2.05, 4.69) is 22.4 Å². The molecule has 0 bridgehead atoms. The Morgan fingerprint density at radius 3 is 2.62 bits per heavy atom. The number of rotatable bonds is 7. The highest BCUT2D eigenvalue weighted by molar-refractivity contribution is 5.76. The molecule has 29 heavy (non-hydrogen) atoms. The summed E-state index contributed by atoms with van der Waals surface area (Å²) in [6.45, 7) is 2.63. The van der Waals surface area contributed by atoms with Crippen LogP contribution in [0.4, 0.5) is 0 Å².